The predicted octanol–water partition coefficient (Wildman–Crippen LogP) is 0.747. The molecule has 0 atom stereocenters. The highest BCUT2D eigenvalue weighted by molar-refractivity contribution is 4.92. The summed E-state index contributed by atoms with van der Waals surface area (Å²) < 4.78 is 0. The van der Waals surface area contributed by atoms with Gasteiger partial charge in [-0.25, -0.2) is 0 Å². The van der Waals surface area contributed by atoms with Crippen LogP contribution in [0.15, 0.2) is 0 Å². The zero-order valence-corrected chi connectivity index (χ0v) is 4.86. The molecule has 1 heteroatoms. The van der Waals surface area contributed by atoms with Crippen molar-refractivity contribution >= 4 is 0 Å². The van der Waals surface area contributed by atoms with Gasteiger partial charge in [-0.15, -0.1) is 12.3 Å². The zero-order valence-electron chi connectivity index (χ0n) is 4.86. The van der Waals surface area contributed by atoms with Crippen LogP contribution < -0.4 is 5.73 Å². The zero-order chi connectivity index (χ0) is 5.91. The van der Waals surface area contributed by atoms with Gasteiger partial charge in [0.25, 0.3) is 0 Å². The summed E-state index contributed by atoms with van der Waals surface area (Å²) in [6.45, 7) is 3.82. The fourth-order valence-corrected chi connectivity index (χ4v) is 0.263. The number of hydrogen-bond acceptors (Lipinski definition) is 1. The van der Waals surface area contributed by atoms with E-state index in [1.54, 1.807) is 0 Å². The van der Waals surface area contributed by atoms with Gasteiger partial charge < -0.3 is 5.73 Å². The molecule has 0 aromatic rings. The first-order valence-electron chi connectivity index (χ1n) is 2.28. The van der Waals surface area contributed by atoms with Crippen LogP contribution in [0.5, 0.6) is 0 Å². The van der Waals surface area contributed by atoms with Gasteiger partial charge in [-0.2, -0.15) is 0 Å². The lowest BCUT2D eigenvalue weighted by Crippen LogP contribution is -2.30. The molecule has 0 fully saturated rings. The number of nitrogens with two attached hydrogens (primary N) is 1. The molecule has 40 valence electrons. The fraction of sp³-hybridized carbons (Fsp3) is 0.667. The van der Waals surface area contributed by atoms with Crippen LogP contribution >= 0.6 is 0 Å². The topological polar surface area (TPSA) is 26.0 Å². The van der Waals surface area contributed by atoms with Crippen molar-refractivity contribution in [2.45, 2.75) is 25.8 Å². The van der Waals surface area contributed by atoms with E-state index >= 15 is 0 Å². The summed E-state index contributed by atoms with van der Waals surface area (Å²) in [6.07, 6.45) is 5.63. The van der Waals surface area contributed by atoms with E-state index < -0.39 is 0 Å². The van der Waals surface area contributed by atoms with Crippen LogP contribution in [-0.2, 0) is 0 Å². The van der Waals surface area contributed by atoms with E-state index in [0.29, 0.717) is 6.42 Å². The lowest BCUT2D eigenvalue weighted by Gasteiger charge is -2.12. The normalized spacial score (nSPS) is 10.6. The summed E-state index contributed by atoms with van der Waals surface area (Å²) in [5, 5.41) is 0. The molecule has 0 heterocycles. The van der Waals surface area contributed by atoms with Gasteiger partial charge in [0.05, 0.1) is 0 Å². The average Bonchev–Trinajstić information content (AvgIpc) is 1.30. The first kappa shape index (κ1) is 6.52. The monoisotopic (exact) mass is 97.1 g/mol. The third kappa shape index (κ3) is 5.52. The Kier molecular flexibility index (Phi) is 1.86. The van der Waals surface area contributed by atoms with E-state index in [4.69, 9.17) is 12.2 Å². The molecule has 0 unspecified atom stereocenters. The summed E-state index contributed by atoms with van der Waals surface area (Å²) in [7, 11) is 0. The summed E-state index contributed by atoms with van der Waals surface area (Å²) in [5.41, 5.74) is 5.32. The highest BCUT2D eigenvalue weighted by Crippen LogP contribution is 1.99. The second-order valence-corrected chi connectivity index (χ2v) is 2.37. The highest BCUT2D eigenvalue weighted by Gasteiger charge is 2.05. The summed E-state index contributed by atoms with van der Waals surface area (Å²) >= 11 is 0. The predicted molar refractivity (Wildman–Crippen MR) is 31.7 cm³/mol. The SMILES string of the molecule is C#CCC(C)(C)N. The van der Waals surface area contributed by atoms with Gasteiger partial charge in [0.1, 0.15) is 0 Å². The lowest BCUT2D eigenvalue weighted by molar-refractivity contribution is 0.536. The molecule has 2 N–H and O–H groups in total. The molecule has 0 aromatic heterocycles. The fourth-order valence-electron chi connectivity index (χ4n) is 0.263. The standard InChI is InChI=1S/C6H11N/c1-4-5-6(2,3)7/h1H,5,7H2,2-3H3. The Hall–Kier alpha value is -0.480. The molecule has 7 heavy (non-hydrogen) atoms. The molecule has 0 rings (SSSR count). The van der Waals surface area contributed by atoms with Crippen LogP contribution in [0.25, 0.3) is 0 Å². The Balaban J connectivity index is 3.40. The summed E-state index contributed by atoms with van der Waals surface area (Å²) in [5.74, 6) is 2.48. The van der Waals surface area contributed by atoms with Crippen molar-refractivity contribution in [3.8, 4) is 12.3 Å². The van der Waals surface area contributed by atoms with E-state index in [9.17, 15) is 0 Å². The van der Waals surface area contributed by atoms with Crippen molar-refractivity contribution in [3.63, 3.8) is 0 Å². The van der Waals surface area contributed by atoms with Crippen molar-refractivity contribution in [1.82, 2.24) is 0 Å². The minimum atomic E-state index is -0.186. The minimum absolute atomic E-state index is 0.186. The quantitative estimate of drug-likeness (QED) is 0.480. The first-order chi connectivity index (χ1) is 3.06. The molecular weight excluding hydrogens is 86.1 g/mol. The van der Waals surface area contributed by atoms with Crippen molar-refractivity contribution in [2.75, 3.05) is 0 Å². The van der Waals surface area contributed by atoms with Crippen LogP contribution in [0, 0.1) is 12.3 Å². The maximum atomic E-state index is 5.50. The molecule has 0 saturated carbocycles. The maximum absolute atomic E-state index is 5.50. The number of terminal acetylenes is 1. The smallest absolute Gasteiger partial charge is 0.0261 e. The van der Waals surface area contributed by atoms with Crippen LogP contribution in [0.2, 0.25) is 0 Å². The molecule has 1 nitrogen and oxygen atoms in total. The van der Waals surface area contributed by atoms with Gasteiger partial charge in [0, 0.05) is 12.0 Å². The van der Waals surface area contributed by atoms with Gasteiger partial charge in [0.2, 0.25) is 0 Å². The van der Waals surface area contributed by atoms with Gasteiger partial charge >= 0.3 is 0 Å². The van der Waals surface area contributed by atoms with E-state index in [0.717, 1.165) is 0 Å². The number of hydrogen-bond donors (Lipinski definition) is 1. The van der Waals surface area contributed by atoms with E-state index in [2.05, 4.69) is 5.92 Å². The molecule has 0 spiro atoms. The summed E-state index contributed by atoms with van der Waals surface area (Å²) in [4.78, 5) is 0. The van der Waals surface area contributed by atoms with Crippen molar-refractivity contribution < 1.29 is 0 Å². The van der Waals surface area contributed by atoms with E-state index in [1.807, 2.05) is 13.8 Å². The van der Waals surface area contributed by atoms with Gasteiger partial charge in [-0.3, -0.25) is 0 Å². The lowest BCUT2D eigenvalue weighted by atomic mass is 10.0. The third-order valence-corrected chi connectivity index (χ3v) is 0.558. The summed E-state index contributed by atoms with van der Waals surface area (Å²) in [6, 6.07) is 0. The minimum Gasteiger partial charge on any atom is -0.325 e. The van der Waals surface area contributed by atoms with Gasteiger partial charge in [0.15, 0.2) is 0 Å². The van der Waals surface area contributed by atoms with Crippen molar-refractivity contribution in [3.05, 3.63) is 0 Å². The molecule has 0 aromatic carbocycles. The van der Waals surface area contributed by atoms with Crippen molar-refractivity contribution in [1.29, 1.82) is 0 Å². The van der Waals surface area contributed by atoms with Crippen LogP contribution in [-0.4, -0.2) is 5.54 Å². The van der Waals surface area contributed by atoms with Crippen LogP contribution in [0.1, 0.15) is 20.3 Å². The average molecular weight is 97.2 g/mol. The molecule has 0 amide bonds. The van der Waals surface area contributed by atoms with Gasteiger partial charge in [-0.05, 0) is 13.8 Å². The molecule has 0 saturated heterocycles. The Morgan fingerprint density at radius 1 is 1.71 bits per heavy atom. The molecule has 0 aliphatic carbocycles. The van der Waals surface area contributed by atoms with Gasteiger partial charge in [-0.1, -0.05) is 0 Å². The molecular formula is C6H11N. The Labute approximate surface area is 44.9 Å². The van der Waals surface area contributed by atoms with E-state index in [1.165, 1.54) is 0 Å². The van der Waals surface area contributed by atoms with Crippen LogP contribution in [0.4, 0.5) is 0 Å². The number of rotatable bonds is 1. The second-order valence-electron chi connectivity index (χ2n) is 2.37. The Morgan fingerprint density at radius 3 is 2.14 bits per heavy atom. The first-order valence-corrected chi connectivity index (χ1v) is 2.28. The molecule has 0 radical (unpaired) electrons. The largest absolute Gasteiger partial charge is 0.325 e. The molecule has 0 bridgehead atoms. The third-order valence-electron chi connectivity index (χ3n) is 0.558. The highest BCUT2D eigenvalue weighted by atomic mass is 14.7. The maximum Gasteiger partial charge on any atom is 0.0261 e. The Bertz CT molecular complexity index is 81.3. The molecule has 0 aliphatic heterocycles. The van der Waals surface area contributed by atoms with Crippen molar-refractivity contribution in [2.24, 2.45) is 5.73 Å². The Morgan fingerprint density at radius 2 is 2.14 bits per heavy atom. The van der Waals surface area contributed by atoms with E-state index in [-0.39, 0.29) is 5.54 Å². The van der Waals surface area contributed by atoms with Crippen LogP contribution in [0.3, 0.4) is 0 Å². The second kappa shape index (κ2) is 1.99. The molecule has 0 aliphatic rings.